The molecule has 2 aromatic rings. The minimum Gasteiger partial charge on any atom is -0.466 e. The lowest BCUT2D eigenvalue weighted by Gasteiger charge is -2.08. The lowest BCUT2D eigenvalue weighted by molar-refractivity contribution is 0.0949. The maximum Gasteiger partial charge on any atom is 0.255 e. The monoisotopic (exact) mass is 271 g/mol. The van der Waals surface area contributed by atoms with Crippen LogP contribution in [0.4, 0.5) is 0 Å². The Bertz CT molecular complexity index is 594. The van der Waals surface area contributed by atoms with Gasteiger partial charge in [0.1, 0.15) is 11.5 Å². The molecule has 0 fully saturated rings. The first-order chi connectivity index (χ1) is 9.47. The molecule has 106 valence electrons. The van der Waals surface area contributed by atoms with Gasteiger partial charge in [-0.15, -0.1) is 0 Å². The Kier molecular flexibility index (Phi) is 4.28. The number of rotatable bonds is 4. The lowest BCUT2D eigenvalue weighted by Crippen LogP contribution is -2.22. The van der Waals surface area contributed by atoms with Gasteiger partial charge in [-0.2, -0.15) is 0 Å². The Hall–Kier alpha value is -2.03. The summed E-state index contributed by atoms with van der Waals surface area (Å²) >= 11 is 0. The highest BCUT2D eigenvalue weighted by Gasteiger charge is 2.12. The molecule has 1 N–H and O–H groups in total. The second-order valence-corrected chi connectivity index (χ2v) is 5.41. The van der Waals surface area contributed by atoms with Crippen molar-refractivity contribution < 1.29 is 9.21 Å². The molecule has 0 bridgehead atoms. The SMILES string of the molecule is Cc1cc(C(=O)NCc2ccc(C(C)C)cc2)c(C)o1. The van der Waals surface area contributed by atoms with Crippen LogP contribution < -0.4 is 5.32 Å². The van der Waals surface area contributed by atoms with Crippen molar-refractivity contribution in [2.75, 3.05) is 0 Å². The molecular weight excluding hydrogens is 250 g/mol. The van der Waals surface area contributed by atoms with Crippen LogP contribution in [0.5, 0.6) is 0 Å². The molecule has 20 heavy (non-hydrogen) atoms. The number of carbonyl (C=O) groups excluding carboxylic acids is 1. The van der Waals surface area contributed by atoms with E-state index in [0.717, 1.165) is 11.3 Å². The van der Waals surface area contributed by atoms with Gasteiger partial charge in [0.25, 0.3) is 5.91 Å². The molecule has 2 rings (SSSR count). The van der Waals surface area contributed by atoms with Crippen LogP contribution in [0, 0.1) is 13.8 Å². The van der Waals surface area contributed by atoms with Gasteiger partial charge in [0, 0.05) is 6.54 Å². The Morgan fingerprint density at radius 3 is 2.35 bits per heavy atom. The summed E-state index contributed by atoms with van der Waals surface area (Å²) in [6, 6.07) is 10.1. The first-order valence-corrected chi connectivity index (χ1v) is 6.91. The highest BCUT2D eigenvalue weighted by Crippen LogP contribution is 2.16. The van der Waals surface area contributed by atoms with E-state index in [1.165, 1.54) is 5.56 Å². The second-order valence-electron chi connectivity index (χ2n) is 5.41. The largest absolute Gasteiger partial charge is 0.466 e. The molecule has 1 amide bonds. The van der Waals surface area contributed by atoms with Gasteiger partial charge in [0.2, 0.25) is 0 Å². The van der Waals surface area contributed by atoms with Crippen molar-refractivity contribution in [2.45, 2.75) is 40.2 Å². The zero-order valence-electron chi connectivity index (χ0n) is 12.5. The summed E-state index contributed by atoms with van der Waals surface area (Å²) in [5, 5.41) is 2.92. The van der Waals surface area contributed by atoms with E-state index in [1.807, 2.05) is 6.92 Å². The summed E-state index contributed by atoms with van der Waals surface area (Å²) in [6.07, 6.45) is 0. The number of nitrogens with one attached hydrogen (secondary N) is 1. The smallest absolute Gasteiger partial charge is 0.255 e. The number of amides is 1. The van der Waals surface area contributed by atoms with Crippen LogP contribution in [0.15, 0.2) is 34.7 Å². The van der Waals surface area contributed by atoms with Crippen molar-refractivity contribution >= 4 is 5.91 Å². The summed E-state index contributed by atoms with van der Waals surface area (Å²) in [6.45, 7) is 8.51. The molecule has 3 nitrogen and oxygen atoms in total. The van der Waals surface area contributed by atoms with E-state index in [4.69, 9.17) is 4.42 Å². The Morgan fingerprint density at radius 1 is 1.20 bits per heavy atom. The second kappa shape index (κ2) is 5.95. The van der Waals surface area contributed by atoms with E-state index < -0.39 is 0 Å². The third kappa shape index (κ3) is 3.29. The van der Waals surface area contributed by atoms with E-state index in [1.54, 1.807) is 13.0 Å². The fourth-order valence-corrected chi connectivity index (χ4v) is 2.15. The van der Waals surface area contributed by atoms with Gasteiger partial charge in [0.15, 0.2) is 0 Å². The molecule has 1 aromatic carbocycles. The van der Waals surface area contributed by atoms with Crippen LogP contribution in [0.3, 0.4) is 0 Å². The number of furan rings is 1. The molecule has 0 spiro atoms. The van der Waals surface area contributed by atoms with E-state index in [-0.39, 0.29) is 5.91 Å². The quantitative estimate of drug-likeness (QED) is 0.914. The first kappa shape index (κ1) is 14.4. The van der Waals surface area contributed by atoms with Gasteiger partial charge in [-0.3, -0.25) is 4.79 Å². The summed E-state index contributed by atoms with van der Waals surface area (Å²) in [7, 11) is 0. The van der Waals surface area contributed by atoms with E-state index in [2.05, 4.69) is 43.4 Å². The topological polar surface area (TPSA) is 42.2 Å². The zero-order chi connectivity index (χ0) is 14.7. The molecular formula is C17H21NO2. The van der Waals surface area contributed by atoms with E-state index in [9.17, 15) is 4.79 Å². The average Bonchev–Trinajstić information content (AvgIpc) is 2.75. The molecule has 0 saturated heterocycles. The first-order valence-electron chi connectivity index (χ1n) is 6.91. The number of hydrogen-bond donors (Lipinski definition) is 1. The number of aryl methyl sites for hydroxylation is 2. The maximum absolute atomic E-state index is 12.1. The molecule has 3 heteroatoms. The van der Waals surface area contributed by atoms with Crippen molar-refractivity contribution in [3.8, 4) is 0 Å². The summed E-state index contributed by atoms with van der Waals surface area (Å²) < 4.78 is 5.37. The molecule has 0 atom stereocenters. The predicted octanol–water partition coefficient (Wildman–Crippen LogP) is 3.95. The van der Waals surface area contributed by atoms with Gasteiger partial charge in [-0.05, 0) is 37.0 Å². The van der Waals surface area contributed by atoms with Crippen LogP contribution in [0.25, 0.3) is 0 Å². The van der Waals surface area contributed by atoms with Gasteiger partial charge in [-0.1, -0.05) is 38.1 Å². The van der Waals surface area contributed by atoms with Gasteiger partial charge in [0.05, 0.1) is 5.56 Å². The average molecular weight is 271 g/mol. The molecule has 0 unspecified atom stereocenters. The lowest BCUT2D eigenvalue weighted by atomic mass is 10.0. The highest BCUT2D eigenvalue weighted by molar-refractivity contribution is 5.95. The zero-order valence-corrected chi connectivity index (χ0v) is 12.5. The maximum atomic E-state index is 12.1. The molecule has 0 radical (unpaired) electrons. The minimum absolute atomic E-state index is 0.0905. The molecule has 0 aliphatic rings. The summed E-state index contributed by atoms with van der Waals surface area (Å²) in [4.78, 5) is 12.1. The van der Waals surface area contributed by atoms with Crippen molar-refractivity contribution in [3.63, 3.8) is 0 Å². The van der Waals surface area contributed by atoms with Gasteiger partial charge in [-0.25, -0.2) is 0 Å². The third-order valence-electron chi connectivity index (χ3n) is 3.39. The van der Waals surface area contributed by atoms with Crippen molar-refractivity contribution in [2.24, 2.45) is 0 Å². The Labute approximate surface area is 120 Å². The molecule has 0 aliphatic carbocycles. The van der Waals surface area contributed by atoms with Crippen molar-refractivity contribution in [3.05, 3.63) is 58.5 Å². The van der Waals surface area contributed by atoms with E-state index in [0.29, 0.717) is 23.8 Å². The van der Waals surface area contributed by atoms with Crippen LogP contribution in [0.2, 0.25) is 0 Å². The fraction of sp³-hybridized carbons (Fsp3) is 0.353. The van der Waals surface area contributed by atoms with Crippen LogP contribution >= 0.6 is 0 Å². The van der Waals surface area contributed by atoms with Gasteiger partial charge >= 0.3 is 0 Å². The summed E-state index contributed by atoms with van der Waals surface area (Å²) in [5.74, 6) is 1.85. The standard InChI is InChI=1S/C17H21NO2/c1-11(2)15-7-5-14(6-8-15)10-18-17(19)16-9-12(3)20-13(16)4/h5-9,11H,10H2,1-4H3,(H,18,19). The fourth-order valence-electron chi connectivity index (χ4n) is 2.15. The number of benzene rings is 1. The Balaban J connectivity index is 1.98. The van der Waals surface area contributed by atoms with Crippen LogP contribution in [0.1, 0.15) is 52.8 Å². The highest BCUT2D eigenvalue weighted by atomic mass is 16.3. The van der Waals surface area contributed by atoms with Crippen molar-refractivity contribution in [1.29, 1.82) is 0 Å². The van der Waals surface area contributed by atoms with Crippen LogP contribution in [-0.4, -0.2) is 5.91 Å². The molecule has 1 heterocycles. The normalized spacial score (nSPS) is 10.8. The molecule has 0 aliphatic heterocycles. The van der Waals surface area contributed by atoms with Crippen LogP contribution in [-0.2, 0) is 6.54 Å². The van der Waals surface area contributed by atoms with Crippen molar-refractivity contribution in [1.82, 2.24) is 5.32 Å². The van der Waals surface area contributed by atoms with E-state index >= 15 is 0 Å². The molecule has 1 aromatic heterocycles. The molecule has 0 saturated carbocycles. The van der Waals surface area contributed by atoms with Gasteiger partial charge < -0.3 is 9.73 Å². The summed E-state index contributed by atoms with van der Waals surface area (Å²) in [5.41, 5.74) is 3.02. The third-order valence-corrected chi connectivity index (χ3v) is 3.39. The number of hydrogen-bond acceptors (Lipinski definition) is 2. The number of carbonyl (C=O) groups is 1. The Morgan fingerprint density at radius 2 is 1.85 bits per heavy atom. The predicted molar refractivity (Wildman–Crippen MR) is 79.9 cm³/mol. The minimum atomic E-state index is -0.0905.